The van der Waals surface area contributed by atoms with Crippen molar-refractivity contribution in [2.45, 2.75) is 33.4 Å². The Bertz CT molecular complexity index is 1200. The van der Waals surface area contributed by atoms with Gasteiger partial charge in [0, 0.05) is 43.6 Å². The number of nitrogens with zero attached hydrogens (tertiary/aromatic N) is 2. The molecule has 0 radical (unpaired) electrons. The average Bonchev–Trinajstić information content (AvgIpc) is 2.82. The van der Waals surface area contributed by atoms with E-state index in [4.69, 9.17) is 11.6 Å². The fourth-order valence-corrected chi connectivity index (χ4v) is 3.99. The van der Waals surface area contributed by atoms with E-state index in [0.29, 0.717) is 28.4 Å². The fraction of sp³-hybridized carbons (Fsp3) is 0.286. The number of rotatable bonds is 8. The van der Waals surface area contributed by atoms with E-state index in [2.05, 4.69) is 19.2 Å². The molecule has 0 heterocycles. The van der Waals surface area contributed by atoms with Gasteiger partial charge in [-0.05, 0) is 73.0 Å². The zero-order valence-corrected chi connectivity index (χ0v) is 21.4. The topological polar surface area (TPSA) is 52.7 Å². The number of benzene rings is 3. The molecule has 1 N–H and O–H groups in total. The molecular weight excluding hydrogens is 465 g/mol. The predicted octanol–water partition coefficient (Wildman–Crippen LogP) is 6.48. The maximum Gasteiger partial charge on any atom is 0.257 e. The van der Waals surface area contributed by atoms with Gasteiger partial charge >= 0.3 is 0 Å². The van der Waals surface area contributed by atoms with E-state index in [1.54, 1.807) is 29.2 Å². The summed E-state index contributed by atoms with van der Waals surface area (Å²) in [7, 11) is 3.86. The molecule has 0 aliphatic heterocycles. The highest BCUT2D eigenvalue weighted by molar-refractivity contribution is 6.34. The lowest BCUT2D eigenvalue weighted by atomic mass is 10.0. The summed E-state index contributed by atoms with van der Waals surface area (Å²) in [5.74, 6) is -0.678. The van der Waals surface area contributed by atoms with Gasteiger partial charge in [0.05, 0.1) is 10.6 Å². The van der Waals surface area contributed by atoms with Gasteiger partial charge in [-0.1, -0.05) is 37.6 Å². The van der Waals surface area contributed by atoms with Crippen molar-refractivity contribution in [2.75, 3.05) is 24.3 Å². The van der Waals surface area contributed by atoms with Gasteiger partial charge in [-0.25, -0.2) is 4.39 Å². The van der Waals surface area contributed by atoms with Crippen LogP contribution in [0.25, 0.3) is 0 Å². The lowest BCUT2D eigenvalue weighted by Crippen LogP contribution is -2.41. The molecule has 0 saturated heterocycles. The quantitative estimate of drug-likeness (QED) is 0.389. The molecule has 5 nitrogen and oxygen atoms in total. The lowest BCUT2D eigenvalue weighted by molar-refractivity contribution is 0.0628. The van der Waals surface area contributed by atoms with E-state index >= 15 is 0 Å². The molecule has 0 saturated carbocycles. The standard InChI is InChI=1S/C28H31ClFN3O2/c1-18(2)19(3)33(28(35)20-10-12-22(30)13-11-20)17-21-16-23(14-15-26(21)32(4)5)31-27(34)24-8-6-7-9-25(24)29/h6-16,18-19H,17H2,1-5H3,(H,31,34). The Morgan fingerprint density at radius 1 is 0.971 bits per heavy atom. The zero-order chi connectivity index (χ0) is 25.7. The van der Waals surface area contributed by atoms with Crippen molar-refractivity contribution >= 4 is 34.8 Å². The second-order valence-corrected chi connectivity index (χ2v) is 9.50. The third-order valence-electron chi connectivity index (χ3n) is 6.09. The van der Waals surface area contributed by atoms with Gasteiger partial charge in [-0.3, -0.25) is 9.59 Å². The van der Waals surface area contributed by atoms with Crippen LogP contribution in [0, 0.1) is 11.7 Å². The predicted molar refractivity (Wildman–Crippen MR) is 141 cm³/mol. The van der Waals surface area contributed by atoms with Crippen LogP contribution in [-0.2, 0) is 6.54 Å². The van der Waals surface area contributed by atoms with Gasteiger partial charge in [0.25, 0.3) is 11.8 Å². The maximum atomic E-state index is 13.5. The molecule has 3 aromatic carbocycles. The first-order chi connectivity index (χ1) is 16.6. The number of nitrogens with one attached hydrogen (secondary N) is 1. The number of hydrogen-bond acceptors (Lipinski definition) is 3. The van der Waals surface area contributed by atoms with E-state index in [0.717, 1.165) is 11.3 Å². The zero-order valence-electron chi connectivity index (χ0n) is 20.7. The number of carbonyl (C=O) groups is 2. The van der Waals surface area contributed by atoms with Crippen molar-refractivity contribution < 1.29 is 14.0 Å². The van der Waals surface area contributed by atoms with Gasteiger partial charge in [0.1, 0.15) is 5.82 Å². The Kier molecular flexibility index (Phi) is 8.52. The number of carbonyl (C=O) groups excluding carboxylic acids is 2. The Morgan fingerprint density at radius 3 is 2.23 bits per heavy atom. The number of halogens is 2. The molecule has 0 bridgehead atoms. The molecule has 35 heavy (non-hydrogen) atoms. The van der Waals surface area contributed by atoms with Crippen molar-refractivity contribution in [1.29, 1.82) is 0 Å². The Labute approximate surface area is 211 Å². The van der Waals surface area contributed by atoms with Gasteiger partial charge in [-0.2, -0.15) is 0 Å². The molecule has 3 rings (SSSR count). The van der Waals surface area contributed by atoms with Crippen LogP contribution >= 0.6 is 11.6 Å². The fourth-order valence-electron chi connectivity index (χ4n) is 3.77. The van der Waals surface area contributed by atoms with Gasteiger partial charge < -0.3 is 15.1 Å². The van der Waals surface area contributed by atoms with Crippen LogP contribution in [0.1, 0.15) is 47.1 Å². The molecular formula is C28H31ClFN3O2. The molecule has 0 aliphatic carbocycles. The number of amides is 2. The second-order valence-electron chi connectivity index (χ2n) is 9.10. The van der Waals surface area contributed by atoms with Crippen LogP contribution < -0.4 is 10.2 Å². The van der Waals surface area contributed by atoms with Gasteiger partial charge in [0.15, 0.2) is 0 Å². The molecule has 1 unspecified atom stereocenters. The van der Waals surface area contributed by atoms with Gasteiger partial charge in [-0.15, -0.1) is 0 Å². The minimum atomic E-state index is -0.387. The van der Waals surface area contributed by atoms with E-state index in [9.17, 15) is 14.0 Å². The molecule has 3 aromatic rings. The van der Waals surface area contributed by atoms with Gasteiger partial charge in [0.2, 0.25) is 0 Å². The monoisotopic (exact) mass is 495 g/mol. The molecule has 7 heteroatoms. The van der Waals surface area contributed by atoms with Crippen LogP contribution in [0.3, 0.4) is 0 Å². The lowest BCUT2D eigenvalue weighted by Gasteiger charge is -2.33. The minimum Gasteiger partial charge on any atom is -0.377 e. The summed E-state index contributed by atoms with van der Waals surface area (Å²) in [5, 5.41) is 3.28. The summed E-state index contributed by atoms with van der Waals surface area (Å²) in [5.41, 5.74) is 3.20. The molecule has 0 fully saturated rings. The third-order valence-corrected chi connectivity index (χ3v) is 6.42. The van der Waals surface area contributed by atoms with Crippen LogP contribution in [-0.4, -0.2) is 36.9 Å². The van der Waals surface area contributed by atoms with Crippen molar-refractivity contribution in [3.8, 4) is 0 Å². The summed E-state index contributed by atoms with van der Waals surface area (Å²) in [6.45, 7) is 6.44. The highest BCUT2D eigenvalue weighted by atomic mass is 35.5. The van der Waals surface area contributed by atoms with E-state index < -0.39 is 0 Å². The van der Waals surface area contributed by atoms with E-state index in [-0.39, 0.29) is 29.6 Å². The van der Waals surface area contributed by atoms with Crippen LogP contribution in [0.4, 0.5) is 15.8 Å². The average molecular weight is 496 g/mol. The molecule has 1 atom stereocenters. The maximum absolute atomic E-state index is 13.5. The molecule has 184 valence electrons. The van der Waals surface area contributed by atoms with E-state index in [1.807, 2.05) is 44.1 Å². The summed E-state index contributed by atoms with van der Waals surface area (Å²) in [6.07, 6.45) is 0. The first-order valence-electron chi connectivity index (χ1n) is 11.5. The van der Waals surface area contributed by atoms with Crippen LogP contribution in [0.15, 0.2) is 66.7 Å². The van der Waals surface area contributed by atoms with Crippen molar-refractivity contribution in [1.82, 2.24) is 4.90 Å². The SMILES string of the molecule is CC(C)C(C)N(Cc1cc(NC(=O)c2ccccc2Cl)ccc1N(C)C)C(=O)c1ccc(F)cc1. The Morgan fingerprint density at radius 2 is 1.63 bits per heavy atom. The summed E-state index contributed by atoms with van der Waals surface area (Å²) in [6, 6.07) is 18.0. The largest absolute Gasteiger partial charge is 0.377 e. The van der Waals surface area contributed by atoms with Crippen molar-refractivity contribution in [3.63, 3.8) is 0 Å². The second kappa shape index (κ2) is 11.4. The third kappa shape index (κ3) is 6.40. The summed E-state index contributed by atoms with van der Waals surface area (Å²) >= 11 is 6.18. The summed E-state index contributed by atoms with van der Waals surface area (Å²) < 4.78 is 13.4. The van der Waals surface area contributed by atoms with Crippen LogP contribution in [0.2, 0.25) is 5.02 Å². The Hall–Kier alpha value is -3.38. The molecule has 2 amide bonds. The van der Waals surface area contributed by atoms with Crippen LogP contribution in [0.5, 0.6) is 0 Å². The highest BCUT2D eigenvalue weighted by Crippen LogP contribution is 2.28. The van der Waals surface area contributed by atoms with Crippen molar-refractivity contribution in [2.24, 2.45) is 5.92 Å². The van der Waals surface area contributed by atoms with Crippen molar-refractivity contribution in [3.05, 3.63) is 94.3 Å². The summed E-state index contributed by atoms with van der Waals surface area (Å²) in [4.78, 5) is 30.0. The first kappa shape index (κ1) is 26.2. The normalized spacial score (nSPS) is 11.8. The minimum absolute atomic E-state index is 0.0797. The van der Waals surface area contributed by atoms with E-state index in [1.165, 1.54) is 24.3 Å². The molecule has 0 aromatic heterocycles. The smallest absolute Gasteiger partial charge is 0.257 e. The first-order valence-corrected chi connectivity index (χ1v) is 11.9. The highest BCUT2D eigenvalue weighted by Gasteiger charge is 2.25. The molecule has 0 aliphatic rings. The molecule has 0 spiro atoms. The number of anilines is 2. The Balaban J connectivity index is 1.96. The number of hydrogen-bond donors (Lipinski definition) is 1.